The molecule has 1 atom stereocenters. The molecule has 2 aromatic rings. The van der Waals surface area contributed by atoms with E-state index in [0.29, 0.717) is 23.6 Å². The molecule has 3 N–H and O–H groups in total. The van der Waals surface area contributed by atoms with Crippen molar-refractivity contribution in [2.75, 3.05) is 17.7 Å². The SMILES string of the molecule is COc1ccc(NC(=O)C2Nc3cc(C(F)(F)F)ccc3S(=O)(=O)N2)cc1. The number of nitrogens with one attached hydrogen (secondary N) is 3. The molecule has 144 valence electrons. The molecule has 0 spiro atoms. The van der Waals surface area contributed by atoms with Gasteiger partial charge < -0.3 is 15.4 Å². The monoisotopic (exact) mass is 401 g/mol. The van der Waals surface area contributed by atoms with Crippen LogP contribution in [0.5, 0.6) is 5.75 Å². The topological polar surface area (TPSA) is 96.5 Å². The zero-order valence-corrected chi connectivity index (χ0v) is 14.6. The highest BCUT2D eigenvalue weighted by molar-refractivity contribution is 7.89. The minimum atomic E-state index is -4.65. The summed E-state index contributed by atoms with van der Waals surface area (Å²) in [5, 5.41) is 4.95. The van der Waals surface area contributed by atoms with E-state index in [0.717, 1.165) is 6.07 Å². The summed E-state index contributed by atoms with van der Waals surface area (Å²) in [5.41, 5.74) is -0.977. The fourth-order valence-electron chi connectivity index (χ4n) is 2.46. The van der Waals surface area contributed by atoms with Crippen molar-refractivity contribution in [3.63, 3.8) is 0 Å². The molecule has 1 unspecified atom stereocenters. The maximum atomic E-state index is 12.9. The van der Waals surface area contributed by atoms with Crippen LogP contribution >= 0.6 is 0 Å². The smallest absolute Gasteiger partial charge is 0.416 e. The molecule has 0 saturated carbocycles. The van der Waals surface area contributed by atoms with Crippen molar-refractivity contribution in [2.24, 2.45) is 0 Å². The molecular formula is C16H14F3N3O4S. The van der Waals surface area contributed by atoms with Crippen LogP contribution in [-0.2, 0) is 21.0 Å². The Bertz CT molecular complexity index is 975. The molecule has 1 amide bonds. The summed E-state index contributed by atoms with van der Waals surface area (Å²) in [5.74, 6) is -0.232. The highest BCUT2D eigenvalue weighted by Crippen LogP contribution is 2.35. The third-order valence-electron chi connectivity index (χ3n) is 3.79. The third-order valence-corrected chi connectivity index (χ3v) is 5.27. The number of ether oxygens (including phenoxy) is 1. The Labute approximate surface area is 152 Å². The highest BCUT2D eigenvalue weighted by atomic mass is 32.2. The lowest BCUT2D eigenvalue weighted by Gasteiger charge is -2.27. The Balaban J connectivity index is 1.85. The largest absolute Gasteiger partial charge is 0.497 e. The summed E-state index contributed by atoms with van der Waals surface area (Å²) in [6.45, 7) is 0. The van der Waals surface area contributed by atoms with E-state index in [1.165, 1.54) is 19.2 Å². The van der Waals surface area contributed by atoms with Crippen molar-refractivity contribution >= 4 is 27.3 Å². The zero-order valence-electron chi connectivity index (χ0n) is 13.8. The molecule has 11 heteroatoms. The summed E-state index contributed by atoms with van der Waals surface area (Å²) in [4.78, 5) is 12.0. The van der Waals surface area contributed by atoms with Crippen molar-refractivity contribution < 1.29 is 31.1 Å². The van der Waals surface area contributed by atoms with Crippen LogP contribution in [0.25, 0.3) is 0 Å². The van der Waals surface area contributed by atoms with Gasteiger partial charge in [-0.15, -0.1) is 0 Å². The molecule has 1 aliphatic rings. The van der Waals surface area contributed by atoms with Gasteiger partial charge in [0.05, 0.1) is 18.4 Å². The number of rotatable bonds is 3. The molecule has 3 rings (SSSR count). The van der Waals surface area contributed by atoms with E-state index in [-0.39, 0.29) is 10.6 Å². The van der Waals surface area contributed by atoms with Gasteiger partial charge in [-0.25, -0.2) is 8.42 Å². The van der Waals surface area contributed by atoms with Gasteiger partial charge in [0, 0.05) is 5.69 Å². The Morgan fingerprint density at radius 1 is 1.15 bits per heavy atom. The second-order valence-electron chi connectivity index (χ2n) is 5.63. The summed E-state index contributed by atoms with van der Waals surface area (Å²) < 4.78 is 70.2. The predicted molar refractivity (Wildman–Crippen MR) is 90.8 cm³/mol. The molecule has 0 fully saturated rings. The number of hydrogen-bond acceptors (Lipinski definition) is 5. The number of benzene rings is 2. The summed E-state index contributed by atoms with van der Waals surface area (Å²) in [6, 6.07) is 8.38. The normalized spacial score (nSPS) is 18.1. The Kier molecular flexibility index (Phi) is 4.74. The van der Waals surface area contributed by atoms with Crippen LogP contribution in [0.3, 0.4) is 0 Å². The van der Waals surface area contributed by atoms with Crippen LogP contribution in [0.1, 0.15) is 5.56 Å². The Morgan fingerprint density at radius 3 is 2.41 bits per heavy atom. The van der Waals surface area contributed by atoms with Gasteiger partial charge >= 0.3 is 6.18 Å². The molecule has 0 aliphatic carbocycles. The molecule has 1 heterocycles. The minimum absolute atomic E-state index is 0.307. The van der Waals surface area contributed by atoms with E-state index in [9.17, 15) is 26.4 Å². The van der Waals surface area contributed by atoms with Gasteiger partial charge in [-0.05, 0) is 42.5 Å². The number of carbonyl (C=O) groups is 1. The first-order chi connectivity index (χ1) is 12.6. The molecule has 0 radical (unpaired) electrons. The number of alkyl halides is 3. The minimum Gasteiger partial charge on any atom is -0.497 e. The number of anilines is 2. The van der Waals surface area contributed by atoms with Crippen LogP contribution in [-0.4, -0.2) is 27.6 Å². The fourth-order valence-corrected chi connectivity index (χ4v) is 3.72. The van der Waals surface area contributed by atoms with Gasteiger partial charge in [-0.3, -0.25) is 4.79 Å². The van der Waals surface area contributed by atoms with Crippen molar-refractivity contribution in [3.8, 4) is 5.75 Å². The van der Waals surface area contributed by atoms with E-state index >= 15 is 0 Å². The Morgan fingerprint density at radius 2 is 1.81 bits per heavy atom. The number of amides is 1. The van der Waals surface area contributed by atoms with E-state index in [2.05, 4.69) is 15.4 Å². The van der Waals surface area contributed by atoms with Crippen LogP contribution in [0.2, 0.25) is 0 Å². The third kappa shape index (κ3) is 3.98. The average Bonchev–Trinajstić information content (AvgIpc) is 2.60. The van der Waals surface area contributed by atoms with E-state index in [1.54, 1.807) is 12.1 Å². The number of carbonyl (C=O) groups excluding carboxylic acids is 1. The quantitative estimate of drug-likeness (QED) is 0.734. The fraction of sp³-hybridized carbons (Fsp3) is 0.188. The molecule has 0 saturated heterocycles. The first kappa shape index (κ1) is 19.0. The van der Waals surface area contributed by atoms with Crippen molar-refractivity contribution in [1.82, 2.24) is 4.72 Å². The van der Waals surface area contributed by atoms with Crippen LogP contribution in [0.4, 0.5) is 24.5 Å². The Hall–Kier alpha value is -2.79. The number of hydrogen-bond donors (Lipinski definition) is 3. The lowest BCUT2D eigenvalue weighted by molar-refractivity contribution is -0.137. The van der Waals surface area contributed by atoms with Crippen LogP contribution in [0.15, 0.2) is 47.4 Å². The molecule has 27 heavy (non-hydrogen) atoms. The van der Waals surface area contributed by atoms with Gasteiger partial charge in [-0.2, -0.15) is 17.9 Å². The van der Waals surface area contributed by atoms with Gasteiger partial charge in [0.2, 0.25) is 10.0 Å². The van der Waals surface area contributed by atoms with Gasteiger partial charge in [0.15, 0.2) is 6.17 Å². The molecule has 1 aliphatic heterocycles. The van der Waals surface area contributed by atoms with Gasteiger partial charge in [0.25, 0.3) is 5.91 Å². The lowest BCUT2D eigenvalue weighted by Crippen LogP contribution is -2.51. The average molecular weight is 401 g/mol. The molecule has 2 aromatic carbocycles. The van der Waals surface area contributed by atoms with E-state index in [1.807, 2.05) is 0 Å². The van der Waals surface area contributed by atoms with E-state index in [4.69, 9.17) is 4.74 Å². The van der Waals surface area contributed by atoms with E-state index < -0.39 is 33.8 Å². The summed E-state index contributed by atoms with van der Waals surface area (Å²) in [6.07, 6.45) is -6.13. The molecule has 0 aromatic heterocycles. The maximum Gasteiger partial charge on any atom is 0.416 e. The van der Waals surface area contributed by atoms with Crippen molar-refractivity contribution in [1.29, 1.82) is 0 Å². The van der Waals surface area contributed by atoms with Crippen LogP contribution < -0.4 is 20.1 Å². The summed E-state index contributed by atoms with van der Waals surface area (Å²) in [7, 11) is -2.69. The standard InChI is InChI=1S/C16H14F3N3O4S/c1-26-11-5-3-10(4-6-11)20-15(23)14-21-12-8-9(16(17,18)19)2-7-13(12)27(24,25)22-14/h2-8,14,21-22H,1H3,(H,20,23). The van der Waals surface area contributed by atoms with Gasteiger partial charge in [0.1, 0.15) is 10.6 Å². The second-order valence-corrected chi connectivity index (χ2v) is 7.31. The van der Waals surface area contributed by atoms with Gasteiger partial charge in [-0.1, -0.05) is 0 Å². The van der Waals surface area contributed by atoms with Crippen molar-refractivity contribution in [3.05, 3.63) is 48.0 Å². The molecular weight excluding hydrogens is 387 g/mol. The number of halogens is 3. The van der Waals surface area contributed by atoms with Crippen molar-refractivity contribution in [2.45, 2.75) is 17.2 Å². The molecule has 0 bridgehead atoms. The van der Waals surface area contributed by atoms with Crippen LogP contribution in [0, 0.1) is 0 Å². The number of sulfonamides is 1. The highest BCUT2D eigenvalue weighted by Gasteiger charge is 2.37. The molecule has 7 nitrogen and oxygen atoms in total. The number of methoxy groups -OCH3 is 1. The lowest BCUT2D eigenvalue weighted by atomic mass is 10.2. The second kappa shape index (κ2) is 6.74. The first-order valence-corrected chi connectivity index (χ1v) is 9.03. The first-order valence-electron chi connectivity index (χ1n) is 7.55. The zero-order chi connectivity index (χ0) is 19.8. The predicted octanol–water partition coefficient (Wildman–Crippen LogP) is 2.38. The summed E-state index contributed by atoms with van der Waals surface area (Å²) >= 11 is 0. The maximum absolute atomic E-state index is 12.9. The number of fused-ring (bicyclic) bond motifs is 1.